The van der Waals surface area contributed by atoms with Gasteiger partial charge in [-0.1, -0.05) is 81.6 Å². The zero-order valence-electron chi connectivity index (χ0n) is 21.2. The van der Waals surface area contributed by atoms with E-state index in [2.05, 4.69) is 38.1 Å². The summed E-state index contributed by atoms with van der Waals surface area (Å²) in [7, 11) is 0. The number of hydrogen-bond acceptors (Lipinski definition) is 4. The third kappa shape index (κ3) is 5.65. The van der Waals surface area contributed by atoms with Gasteiger partial charge in [-0.3, -0.25) is 0 Å². The first-order valence-corrected chi connectivity index (χ1v) is 12.8. The van der Waals surface area contributed by atoms with Gasteiger partial charge in [0.25, 0.3) is 0 Å². The van der Waals surface area contributed by atoms with Gasteiger partial charge in [0, 0.05) is 5.41 Å². The Balaban J connectivity index is 1.64. The summed E-state index contributed by atoms with van der Waals surface area (Å²) in [6, 6.07) is 32.1. The van der Waals surface area contributed by atoms with Crippen LogP contribution in [-0.4, -0.2) is 0 Å². The lowest BCUT2D eigenvalue weighted by atomic mass is 9.68. The number of nitrogens with two attached hydrogens (primary N) is 2. The molecule has 0 aromatic heterocycles. The minimum absolute atomic E-state index is 0.0840. The summed E-state index contributed by atoms with van der Waals surface area (Å²) < 4.78 is 12.1. The summed E-state index contributed by atoms with van der Waals surface area (Å²) in [5, 5.41) is 0. The van der Waals surface area contributed by atoms with Crippen molar-refractivity contribution in [2.45, 2.75) is 51.4 Å². The molecule has 0 fully saturated rings. The zero-order valence-corrected chi connectivity index (χ0v) is 21.2. The molecule has 0 aliphatic carbocycles. The predicted molar refractivity (Wildman–Crippen MR) is 150 cm³/mol. The van der Waals surface area contributed by atoms with Crippen LogP contribution in [0.5, 0.6) is 23.0 Å². The van der Waals surface area contributed by atoms with Gasteiger partial charge in [-0.25, -0.2) is 0 Å². The van der Waals surface area contributed by atoms with Gasteiger partial charge in [0.2, 0.25) is 0 Å². The Bertz CT molecular complexity index is 1160. The highest BCUT2D eigenvalue weighted by Gasteiger charge is 2.33. The molecule has 0 aliphatic heterocycles. The maximum atomic E-state index is 6.06. The van der Waals surface area contributed by atoms with Gasteiger partial charge in [-0.15, -0.1) is 0 Å². The van der Waals surface area contributed by atoms with Gasteiger partial charge in [-0.05, 0) is 72.5 Å². The van der Waals surface area contributed by atoms with E-state index in [-0.39, 0.29) is 5.41 Å². The fourth-order valence-electron chi connectivity index (χ4n) is 4.86. The monoisotopic (exact) mass is 480 g/mol. The molecule has 0 atom stereocenters. The minimum atomic E-state index is -0.0840. The van der Waals surface area contributed by atoms with Crippen molar-refractivity contribution in [1.29, 1.82) is 0 Å². The lowest BCUT2D eigenvalue weighted by Crippen LogP contribution is -2.27. The van der Waals surface area contributed by atoms with E-state index in [1.807, 2.05) is 72.8 Å². The fourth-order valence-corrected chi connectivity index (χ4v) is 4.86. The van der Waals surface area contributed by atoms with E-state index in [1.165, 1.54) is 11.1 Å². The number of rotatable bonds is 11. The van der Waals surface area contributed by atoms with Gasteiger partial charge in [0.1, 0.15) is 23.0 Å². The van der Waals surface area contributed by atoms with Crippen molar-refractivity contribution in [3.63, 3.8) is 0 Å². The van der Waals surface area contributed by atoms with Crippen molar-refractivity contribution >= 4 is 11.4 Å². The SMILES string of the molecule is CCCCC(CCC)(c1ccc(Oc2ccccc2N)cc1)c1ccc(Oc2ccccc2N)cc1. The number of para-hydroxylation sites is 4. The van der Waals surface area contributed by atoms with E-state index in [0.29, 0.717) is 22.9 Å². The summed E-state index contributed by atoms with van der Waals surface area (Å²) >= 11 is 0. The highest BCUT2D eigenvalue weighted by molar-refractivity contribution is 5.55. The molecule has 4 heteroatoms. The van der Waals surface area contributed by atoms with Gasteiger partial charge < -0.3 is 20.9 Å². The van der Waals surface area contributed by atoms with E-state index in [0.717, 1.165) is 43.6 Å². The lowest BCUT2D eigenvalue weighted by Gasteiger charge is -2.35. The largest absolute Gasteiger partial charge is 0.455 e. The molecule has 0 saturated heterocycles. The summed E-state index contributed by atoms with van der Waals surface area (Å²) in [5.74, 6) is 2.90. The molecule has 0 aliphatic rings. The van der Waals surface area contributed by atoms with Gasteiger partial charge in [-0.2, -0.15) is 0 Å². The molecule has 0 heterocycles. The van der Waals surface area contributed by atoms with Crippen LogP contribution < -0.4 is 20.9 Å². The smallest absolute Gasteiger partial charge is 0.150 e. The molecule has 4 aromatic rings. The quantitative estimate of drug-likeness (QED) is 0.211. The standard InChI is InChI=1S/C32H36N2O2/c1-3-5-23-32(22-4-2,24-14-18-26(19-15-24)35-30-12-8-6-10-28(30)33)25-16-20-27(21-17-25)36-31-13-9-7-11-29(31)34/h6-21H,3-5,22-23,33-34H2,1-2H3. The average Bonchev–Trinajstić information content (AvgIpc) is 2.90. The summed E-state index contributed by atoms with van der Waals surface area (Å²) in [6.45, 7) is 4.51. The molecule has 0 bridgehead atoms. The molecule has 186 valence electrons. The van der Waals surface area contributed by atoms with Crippen molar-refractivity contribution in [3.8, 4) is 23.0 Å². The lowest BCUT2D eigenvalue weighted by molar-refractivity contribution is 0.413. The summed E-state index contributed by atoms with van der Waals surface area (Å²) in [5.41, 5.74) is 15.9. The molecule has 0 saturated carbocycles. The molecule has 0 spiro atoms. The second-order valence-corrected chi connectivity index (χ2v) is 9.26. The minimum Gasteiger partial charge on any atom is -0.455 e. The maximum Gasteiger partial charge on any atom is 0.150 e. The highest BCUT2D eigenvalue weighted by atomic mass is 16.5. The van der Waals surface area contributed by atoms with E-state index in [1.54, 1.807) is 0 Å². The summed E-state index contributed by atoms with van der Waals surface area (Å²) in [4.78, 5) is 0. The van der Waals surface area contributed by atoms with E-state index >= 15 is 0 Å². The highest BCUT2D eigenvalue weighted by Crippen LogP contribution is 2.43. The molecule has 0 amide bonds. The topological polar surface area (TPSA) is 70.5 Å². The summed E-state index contributed by atoms with van der Waals surface area (Å²) in [6.07, 6.45) is 5.52. The van der Waals surface area contributed by atoms with E-state index in [9.17, 15) is 0 Å². The molecule has 4 nitrogen and oxygen atoms in total. The number of anilines is 2. The van der Waals surface area contributed by atoms with Crippen LogP contribution in [0.1, 0.15) is 57.1 Å². The fraction of sp³-hybridized carbons (Fsp3) is 0.250. The van der Waals surface area contributed by atoms with Crippen molar-refractivity contribution < 1.29 is 9.47 Å². The molecular formula is C32H36N2O2. The number of unbranched alkanes of at least 4 members (excludes halogenated alkanes) is 1. The Morgan fingerprint density at radius 2 is 1.00 bits per heavy atom. The van der Waals surface area contributed by atoms with Crippen LogP contribution in [0.15, 0.2) is 97.1 Å². The first-order chi connectivity index (χ1) is 17.6. The maximum absolute atomic E-state index is 6.06. The van der Waals surface area contributed by atoms with Crippen LogP contribution in [0.4, 0.5) is 11.4 Å². The van der Waals surface area contributed by atoms with E-state index < -0.39 is 0 Å². The molecule has 4 N–H and O–H groups in total. The first-order valence-electron chi connectivity index (χ1n) is 12.8. The zero-order chi connectivity index (χ0) is 25.4. The Labute approximate surface area is 214 Å². The molecular weight excluding hydrogens is 444 g/mol. The van der Waals surface area contributed by atoms with Crippen molar-refractivity contribution in [2.75, 3.05) is 11.5 Å². The molecule has 36 heavy (non-hydrogen) atoms. The number of ether oxygens (including phenoxy) is 2. The van der Waals surface area contributed by atoms with Crippen LogP contribution in [0, 0.1) is 0 Å². The van der Waals surface area contributed by atoms with Gasteiger partial charge in [0.05, 0.1) is 11.4 Å². The van der Waals surface area contributed by atoms with Crippen molar-refractivity contribution in [1.82, 2.24) is 0 Å². The first kappa shape index (κ1) is 25.2. The normalized spacial score (nSPS) is 11.3. The number of benzene rings is 4. The van der Waals surface area contributed by atoms with Crippen LogP contribution in [0.2, 0.25) is 0 Å². The Kier molecular flexibility index (Phi) is 8.17. The second-order valence-electron chi connectivity index (χ2n) is 9.26. The third-order valence-electron chi connectivity index (χ3n) is 6.74. The molecule has 4 aromatic carbocycles. The average molecular weight is 481 g/mol. The molecule has 0 unspecified atom stereocenters. The van der Waals surface area contributed by atoms with Crippen molar-refractivity contribution in [2.24, 2.45) is 0 Å². The van der Waals surface area contributed by atoms with Gasteiger partial charge in [0.15, 0.2) is 0 Å². The Morgan fingerprint density at radius 3 is 1.39 bits per heavy atom. The molecule has 0 radical (unpaired) electrons. The van der Waals surface area contributed by atoms with Gasteiger partial charge >= 0.3 is 0 Å². The van der Waals surface area contributed by atoms with Crippen LogP contribution in [0.25, 0.3) is 0 Å². The van der Waals surface area contributed by atoms with Crippen LogP contribution in [0.3, 0.4) is 0 Å². The van der Waals surface area contributed by atoms with Crippen LogP contribution in [-0.2, 0) is 5.41 Å². The Morgan fingerprint density at radius 1 is 0.556 bits per heavy atom. The predicted octanol–water partition coefficient (Wildman–Crippen LogP) is 8.71. The van der Waals surface area contributed by atoms with Crippen LogP contribution >= 0.6 is 0 Å². The van der Waals surface area contributed by atoms with Crippen molar-refractivity contribution in [3.05, 3.63) is 108 Å². The third-order valence-corrected chi connectivity index (χ3v) is 6.74. The van der Waals surface area contributed by atoms with E-state index in [4.69, 9.17) is 20.9 Å². The second kappa shape index (κ2) is 11.7. The number of nitrogen functional groups attached to an aromatic ring is 2. The Hall–Kier alpha value is -3.92. The molecule has 4 rings (SSSR count). The number of hydrogen-bond donors (Lipinski definition) is 2.